The van der Waals surface area contributed by atoms with Crippen LogP contribution in [-0.4, -0.2) is 0 Å². The molecule has 0 N–H and O–H groups in total. The summed E-state index contributed by atoms with van der Waals surface area (Å²) < 4.78 is 0. The SMILES string of the molecule is [Li+].c1ccc(P(c2ccccc2)c2ccc[cH-]2)cc1. The van der Waals surface area contributed by atoms with E-state index in [0.29, 0.717) is 0 Å². The van der Waals surface area contributed by atoms with Crippen LogP contribution in [0.1, 0.15) is 0 Å². The molecular weight excluding hydrogens is 242 g/mol. The Morgan fingerprint density at radius 1 is 0.632 bits per heavy atom. The van der Waals surface area contributed by atoms with Crippen molar-refractivity contribution in [2.24, 2.45) is 0 Å². The molecular formula is C17H14LiP. The monoisotopic (exact) mass is 256 g/mol. The van der Waals surface area contributed by atoms with Crippen LogP contribution in [0.2, 0.25) is 0 Å². The molecule has 0 saturated carbocycles. The molecule has 0 heterocycles. The standard InChI is InChI=1S/C17H14P.Li/c1-3-9-15(10-4-1)18(17-13-7-8-14-17)16-11-5-2-6-12-16;/h1-14H;/q-1;+1. The second kappa shape index (κ2) is 6.83. The van der Waals surface area contributed by atoms with E-state index in [-0.39, 0.29) is 18.9 Å². The maximum Gasteiger partial charge on any atom is 1.00 e. The van der Waals surface area contributed by atoms with Crippen LogP contribution in [-0.2, 0) is 0 Å². The first-order chi connectivity index (χ1) is 8.95. The van der Waals surface area contributed by atoms with E-state index in [4.69, 9.17) is 0 Å². The zero-order valence-corrected chi connectivity index (χ0v) is 11.9. The van der Waals surface area contributed by atoms with E-state index in [2.05, 4.69) is 84.9 Å². The average molecular weight is 256 g/mol. The van der Waals surface area contributed by atoms with Crippen LogP contribution in [0.4, 0.5) is 0 Å². The molecule has 0 radical (unpaired) electrons. The quantitative estimate of drug-likeness (QED) is 0.356. The largest absolute Gasteiger partial charge is 1.00 e. The Bertz CT molecular complexity index is 548. The first-order valence-corrected chi connectivity index (χ1v) is 7.41. The van der Waals surface area contributed by atoms with Crippen molar-refractivity contribution in [2.45, 2.75) is 0 Å². The van der Waals surface area contributed by atoms with Gasteiger partial charge in [0.05, 0.1) is 0 Å². The molecule has 0 aromatic heterocycles. The molecule has 88 valence electrons. The molecule has 0 nitrogen and oxygen atoms in total. The van der Waals surface area contributed by atoms with E-state index in [0.717, 1.165) is 0 Å². The van der Waals surface area contributed by atoms with Crippen molar-refractivity contribution in [3.8, 4) is 0 Å². The minimum absolute atomic E-state index is 0. The van der Waals surface area contributed by atoms with Crippen molar-refractivity contribution in [1.82, 2.24) is 0 Å². The summed E-state index contributed by atoms with van der Waals surface area (Å²) in [5.74, 6) is 0. The van der Waals surface area contributed by atoms with Crippen molar-refractivity contribution >= 4 is 23.8 Å². The number of benzene rings is 2. The Morgan fingerprint density at radius 3 is 1.58 bits per heavy atom. The zero-order chi connectivity index (χ0) is 12.2. The molecule has 3 aromatic rings. The summed E-state index contributed by atoms with van der Waals surface area (Å²) >= 11 is 0. The molecule has 0 spiro atoms. The molecule has 0 unspecified atom stereocenters. The van der Waals surface area contributed by atoms with E-state index in [1.165, 1.54) is 15.9 Å². The van der Waals surface area contributed by atoms with Crippen LogP contribution >= 0.6 is 7.92 Å². The first-order valence-electron chi connectivity index (χ1n) is 6.07. The van der Waals surface area contributed by atoms with Gasteiger partial charge in [0.1, 0.15) is 0 Å². The fourth-order valence-electron chi connectivity index (χ4n) is 2.11. The summed E-state index contributed by atoms with van der Waals surface area (Å²) in [5, 5.41) is 4.23. The van der Waals surface area contributed by atoms with Gasteiger partial charge in [-0.3, -0.25) is 0 Å². The summed E-state index contributed by atoms with van der Waals surface area (Å²) in [6.45, 7) is 0. The normalized spacial score (nSPS) is 10.2. The van der Waals surface area contributed by atoms with Crippen molar-refractivity contribution in [1.29, 1.82) is 0 Å². The van der Waals surface area contributed by atoms with Crippen LogP contribution in [0, 0.1) is 0 Å². The number of hydrogen-bond acceptors (Lipinski definition) is 0. The third-order valence-electron chi connectivity index (χ3n) is 2.93. The van der Waals surface area contributed by atoms with Gasteiger partial charge in [0.25, 0.3) is 0 Å². The predicted molar refractivity (Wildman–Crippen MR) is 80.7 cm³/mol. The molecule has 0 aliphatic carbocycles. The Hall–Kier alpha value is -1.18. The molecule has 0 aliphatic rings. The molecule has 0 bridgehead atoms. The fraction of sp³-hybridized carbons (Fsp3) is 0. The Balaban J connectivity index is 0.00000133. The number of rotatable bonds is 3. The van der Waals surface area contributed by atoms with E-state index in [1.807, 2.05) is 0 Å². The van der Waals surface area contributed by atoms with E-state index in [1.54, 1.807) is 0 Å². The second-order valence-electron chi connectivity index (χ2n) is 4.15. The maximum absolute atomic E-state index is 2.23. The van der Waals surface area contributed by atoms with Gasteiger partial charge >= 0.3 is 18.9 Å². The molecule has 19 heavy (non-hydrogen) atoms. The van der Waals surface area contributed by atoms with Gasteiger partial charge in [-0.15, -0.1) is 5.30 Å². The molecule has 0 atom stereocenters. The van der Waals surface area contributed by atoms with Gasteiger partial charge in [-0.25, -0.2) is 12.1 Å². The van der Waals surface area contributed by atoms with Crippen LogP contribution in [0.15, 0.2) is 84.9 Å². The van der Waals surface area contributed by atoms with Gasteiger partial charge in [0.15, 0.2) is 0 Å². The zero-order valence-electron chi connectivity index (χ0n) is 11.0. The summed E-state index contributed by atoms with van der Waals surface area (Å²) in [4.78, 5) is 0. The third kappa shape index (κ3) is 3.23. The van der Waals surface area contributed by atoms with Crippen molar-refractivity contribution in [2.75, 3.05) is 0 Å². The molecule has 0 aliphatic heterocycles. The number of hydrogen-bond donors (Lipinski definition) is 0. The van der Waals surface area contributed by atoms with Gasteiger partial charge < -0.3 is 0 Å². The van der Waals surface area contributed by atoms with Crippen LogP contribution < -0.4 is 34.8 Å². The van der Waals surface area contributed by atoms with Gasteiger partial charge in [-0.05, 0) is 18.5 Å². The molecule has 3 rings (SSSR count). The van der Waals surface area contributed by atoms with E-state index in [9.17, 15) is 0 Å². The third-order valence-corrected chi connectivity index (χ3v) is 5.38. The summed E-state index contributed by atoms with van der Waals surface area (Å²) in [6, 6.07) is 30.2. The van der Waals surface area contributed by atoms with Crippen molar-refractivity contribution in [3.63, 3.8) is 0 Å². The van der Waals surface area contributed by atoms with Crippen LogP contribution in [0.3, 0.4) is 0 Å². The molecule has 0 fully saturated rings. The molecule has 3 aromatic carbocycles. The van der Waals surface area contributed by atoms with Crippen molar-refractivity contribution in [3.05, 3.63) is 84.9 Å². The second-order valence-corrected chi connectivity index (χ2v) is 6.37. The van der Waals surface area contributed by atoms with Crippen molar-refractivity contribution < 1.29 is 18.9 Å². The minimum Gasteiger partial charge on any atom is -0.213 e. The van der Waals surface area contributed by atoms with Crippen LogP contribution in [0.25, 0.3) is 0 Å². The van der Waals surface area contributed by atoms with Gasteiger partial charge in [0.2, 0.25) is 0 Å². The fourth-order valence-corrected chi connectivity index (χ4v) is 4.42. The topological polar surface area (TPSA) is 0 Å². The molecule has 0 saturated heterocycles. The Kier molecular flexibility index (Phi) is 5.12. The van der Waals surface area contributed by atoms with Crippen LogP contribution in [0.5, 0.6) is 0 Å². The van der Waals surface area contributed by atoms with Gasteiger partial charge in [0, 0.05) is 0 Å². The Morgan fingerprint density at radius 2 is 1.16 bits per heavy atom. The Labute approximate surface area is 127 Å². The average Bonchev–Trinajstić information content (AvgIpc) is 2.95. The summed E-state index contributed by atoms with van der Waals surface area (Å²) in [6.07, 6.45) is 0. The van der Waals surface area contributed by atoms with E-state index >= 15 is 0 Å². The predicted octanol–water partition coefficient (Wildman–Crippen LogP) is 0.168. The van der Waals surface area contributed by atoms with Gasteiger partial charge in [-0.2, -0.15) is 12.1 Å². The van der Waals surface area contributed by atoms with Gasteiger partial charge in [-0.1, -0.05) is 60.7 Å². The maximum atomic E-state index is 2.23. The smallest absolute Gasteiger partial charge is 0.213 e. The first kappa shape index (κ1) is 14.2. The molecule has 2 heteroatoms. The summed E-state index contributed by atoms with van der Waals surface area (Å²) in [5.41, 5.74) is 0. The summed E-state index contributed by atoms with van der Waals surface area (Å²) in [7, 11) is -0.409. The molecule has 0 amide bonds. The minimum atomic E-state index is -0.409. The van der Waals surface area contributed by atoms with E-state index < -0.39 is 7.92 Å².